The molecule has 1 saturated heterocycles. The molecule has 1 atom stereocenters. The summed E-state index contributed by atoms with van der Waals surface area (Å²) in [5, 5.41) is 10.3. The molecule has 2 aromatic rings. The number of rotatable bonds is 3. The van der Waals surface area contributed by atoms with E-state index in [1.165, 1.54) is 12.3 Å². The van der Waals surface area contributed by atoms with Gasteiger partial charge in [-0.2, -0.15) is 18.3 Å². The normalized spacial score (nSPS) is 18.9. The van der Waals surface area contributed by atoms with E-state index in [4.69, 9.17) is 0 Å². The molecule has 0 saturated carbocycles. The number of amides is 2. The van der Waals surface area contributed by atoms with Gasteiger partial charge in [0.1, 0.15) is 0 Å². The molecule has 5 nitrogen and oxygen atoms in total. The number of halogens is 3. The first-order valence-electron chi connectivity index (χ1n) is 9.00. The van der Waals surface area contributed by atoms with Crippen LogP contribution in [-0.2, 0) is 6.42 Å². The number of nitrogens with zero attached hydrogens (tertiary/aromatic N) is 3. The molecule has 3 rings (SSSR count). The van der Waals surface area contributed by atoms with Crippen LogP contribution in [0.2, 0.25) is 0 Å². The van der Waals surface area contributed by atoms with E-state index in [9.17, 15) is 18.0 Å². The van der Waals surface area contributed by atoms with E-state index >= 15 is 0 Å². The number of aromatic nitrogens is 2. The molecule has 1 aliphatic heterocycles. The van der Waals surface area contributed by atoms with Gasteiger partial charge in [-0.15, -0.1) is 5.10 Å². The molecule has 8 heteroatoms. The molecule has 1 aromatic heterocycles. The number of anilines is 1. The SMILES string of the molecule is CC1CN(C(=O)Nc2cccnn2)CCC1=Cc1cccc(CC(F)(F)F)c1. The van der Waals surface area contributed by atoms with E-state index in [-0.39, 0.29) is 17.5 Å². The molecule has 1 aromatic carbocycles. The Bertz CT molecular complexity index is 852. The summed E-state index contributed by atoms with van der Waals surface area (Å²) < 4.78 is 37.8. The third-order valence-electron chi connectivity index (χ3n) is 4.60. The second-order valence-corrected chi connectivity index (χ2v) is 6.89. The number of piperidine rings is 1. The van der Waals surface area contributed by atoms with Crippen LogP contribution < -0.4 is 5.32 Å². The van der Waals surface area contributed by atoms with Gasteiger partial charge in [-0.3, -0.25) is 5.32 Å². The van der Waals surface area contributed by atoms with Gasteiger partial charge in [-0.1, -0.05) is 42.8 Å². The molecule has 0 radical (unpaired) electrons. The van der Waals surface area contributed by atoms with Gasteiger partial charge in [-0.05, 0) is 35.6 Å². The molecule has 1 fully saturated rings. The maximum Gasteiger partial charge on any atom is 0.393 e. The summed E-state index contributed by atoms with van der Waals surface area (Å²) in [5.41, 5.74) is 2.11. The van der Waals surface area contributed by atoms with Gasteiger partial charge in [0, 0.05) is 19.3 Å². The molecule has 28 heavy (non-hydrogen) atoms. The van der Waals surface area contributed by atoms with Crippen molar-refractivity contribution in [1.29, 1.82) is 0 Å². The van der Waals surface area contributed by atoms with Crippen molar-refractivity contribution in [2.45, 2.75) is 25.9 Å². The summed E-state index contributed by atoms with van der Waals surface area (Å²) in [4.78, 5) is 14.1. The third-order valence-corrected chi connectivity index (χ3v) is 4.60. The van der Waals surface area contributed by atoms with E-state index in [2.05, 4.69) is 15.5 Å². The van der Waals surface area contributed by atoms with Crippen molar-refractivity contribution < 1.29 is 18.0 Å². The van der Waals surface area contributed by atoms with E-state index in [1.54, 1.807) is 35.2 Å². The molecule has 0 aliphatic carbocycles. The Morgan fingerprint density at radius 1 is 1.32 bits per heavy atom. The predicted molar refractivity (Wildman–Crippen MR) is 101 cm³/mol. The second-order valence-electron chi connectivity index (χ2n) is 6.89. The molecule has 1 N–H and O–H groups in total. The van der Waals surface area contributed by atoms with Crippen LogP contribution in [-0.4, -0.2) is 40.4 Å². The van der Waals surface area contributed by atoms with Gasteiger partial charge in [-0.25, -0.2) is 4.79 Å². The number of alkyl halides is 3. The summed E-state index contributed by atoms with van der Waals surface area (Å²) in [6.45, 7) is 3.07. The average molecular weight is 390 g/mol. The van der Waals surface area contributed by atoms with Gasteiger partial charge < -0.3 is 4.90 Å². The largest absolute Gasteiger partial charge is 0.393 e. The lowest BCUT2D eigenvalue weighted by Gasteiger charge is -2.33. The molecule has 1 unspecified atom stereocenters. The fraction of sp³-hybridized carbons (Fsp3) is 0.350. The zero-order valence-electron chi connectivity index (χ0n) is 15.4. The Hall–Kier alpha value is -2.90. The first-order chi connectivity index (χ1) is 13.3. The van der Waals surface area contributed by atoms with E-state index in [0.29, 0.717) is 25.3 Å². The number of hydrogen-bond donors (Lipinski definition) is 1. The van der Waals surface area contributed by atoms with E-state index in [1.807, 2.05) is 13.0 Å². The molecular weight excluding hydrogens is 369 g/mol. The fourth-order valence-electron chi connectivity index (χ4n) is 3.24. The quantitative estimate of drug-likeness (QED) is 0.837. The number of urea groups is 1. The summed E-state index contributed by atoms with van der Waals surface area (Å²) in [6, 6.07) is 9.61. The van der Waals surface area contributed by atoms with Crippen molar-refractivity contribution in [2.75, 3.05) is 18.4 Å². The minimum Gasteiger partial charge on any atom is -0.324 e. The van der Waals surface area contributed by atoms with Crippen molar-refractivity contribution in [3.8, 4) is 0 Å². The van der Waals surface area contributed by atoms with Crippen molar-refractivity contribution in [1.82, 2.24) is 15.1 Å². The molecule has 0 spiro atoms. The Morgan fingerprint density at radius 3 is 2.82 bits per heavy atom. The standard InChI is InChI=1S/C20H21F3N4O/c1-14-13-27(19(28)25-18-6-3-8-24-26-18)9-7-17(14)11-15-4-2-5-16(10-15)12-20(21,22)23/h2-6,8,10-11,14H,7,9,12-13H2,1H3,(H,25,26,28). The molecule has 0 bridgehead atoms. The molecular formula is C20H21F3N4O. The highest BCUT2D eigenvalue weighted by Gasteiger charge is 2.28. The van der Waals surface area contributed by atoms with Crippen molar-refractivity contribution >= 4 is 17.9 Å². The molecule has 2 amide bonds. The monoisotopic (exact) mass is 390 g/mol. The molecule has 2 heterocycles. The first kappa shape index (κ1) is 19.9. The van der Waals surface area contributed by atoms with Crippen LogP contribution in [0.1, 0.15) is 24.5 Å². The zero-order valence-corrected chi connectivity index (χ0v) is 15.4. The third kappa shape index (κ3) is 5.55. The number of nitrogens with one attached hydrogen (secondary N) is 1. The maximum absolute atomic E-state index is 12.6. The number of likely N-dealkylation sites (tertiary alicyclic amines) is 1. The minimum absolute atomic E-state index is 0.104. The average Bonchev–Trinajstić information content (AvgIpc) is 2.63. The number of benzene rings is 1. The summed E-state index contributed by atoms with van der Waals surface area (Å²) >= 11 is 0. The van der Waals surface area contributed by atoms with Gasteiger partial charge in [0.2, 0.25) is 0 Å². The number of carbonyl (C=O) groups is 1. The highest BCUT2D eigenvalue weighted by atomic mass is 19.4. The van der Waals surface area contributed by atoms with Crippen LogP contribution in [0.3, 0.4) is 0 Å². The highest BCUT2D eigenvalue weighted by molar-refractivity contribution is 5.88. The predicted octanol–water partition coefficient (Wildman–Crippen LogP) is 4.54. The Kier molecular flexibility index (Phi) is 5.96. The zero-order chi connectivity index (χ0) is 20.1. The Balaban J connectivity index is 1.63. The van der Waals surface area contributed by atoms with Crippen LogP contribution in [0.25, 0.3) is 6.08 Å². The van der Waals surface area contributed by atoms with Crippen molar-refractivity contribution in [3.63, 3.8) is 0 Å². The number of carbonyl (C=O) groups excluding carboxylic acids is 1. The lowest BCUT2D eigenvalue weighted by molar-refractivity contribution is -0.127. The van der Waals surface area contributed by atoms with Crippen LogP contribution in [0, 0.1) is 5.92 Å². The Morgan fingerprint density at radius 2 is 2.14 bits per heavy atom. The van der Waals surface area contributed by atoms with Gasteiger partial charge in [0.05, 0.1) is 6.42 Å². The maximum atomic E-state index is 12.6. The second kappa shape index (κ2) is 8.41. The minimum atomic E-state index is -4.22. The van der Waals surface area contributed by atoms with Crippen LogP contribution in [0.4, 0.5) is 23.8 Å². The topological polar surface area (TPSA) is 58.1 Å². The van der Waals surface area contributed by atoms with Crippen molar-refractivity contribution in [3.05, 3.63) is 59.3 Å². The van der Waals surface area contributed by atoms with Gasteiger partial charge in [0.25, 0.3) is 0 Å². The van der Waals surface area contributed by atoms with E-state index < -0.39 is 12.6 Å². The smallest absolute Gasteiger partial charge is 0.324 e. The summed E-state index contributed by atoms with van der Waals surface area (Å²) in [6.07, 6.45) is -1.03. The lowest BCUT2D eigenvalue weighted by atomic mass is 9.91. The molecule has 148 valence electrons. The number of hydrogen-bond acceptors (Lipinski definition) is 3. The van der Waals surface area contributed by atoms with Crippen molar-refractivity contribution in [2.24, 2.45) is 5.92 Å². The van der Waals surface area contributed by atoms with Gasteiger partial charge in [0.15, 0.2) is 5.82 Å². The van der Waals surface area contributed by atoms with Crippen LogP contribution in [0.15, 0.2) is 48.2 Å². The lowest BCUT2D eigenvalue weighted by Crippen LogP contribution is -2.42. The Labute approximate surface area is 161 Å². The summed E-state index contributed by atoms with van der Waals surface area (Å²) in [5.74, 6) is 0.496. The van der Waals surface area contributed by atoms with Crippen LogP contribution in [0.5, 0.6) is 0 Å². The highest BCUT2D eigenvalue weighted by Crippen LogP contribution is 2.27. The first-order valence-corrected chi connectivity index (χ1v) is 9.00. The van der Waals surface area contributed by atoms with E-state index in [0.717, 1.165) is 11.1 Å². The summed E-state index contributed by atoms with van der Waals surface area (Å²) in [7, 11) is 0. The van der Waals surface area contributed by atoms with Crippen LogP contribution >= 0.6 is 0 Å². The fourth-order valence-corrected chi connectivity index (χ4v) is 3.24. The van der Waals surface area contributed by atoms with Gasteiger partial charge >= 0.3 is 12.2 Å². The molecule has 1 aliphatic rings.